The molecule has 0 heteroatoms. The molecule has 2 aliphatic carbocycles. The predicted molar refractivity (Wildman–Crippen MR) is 66.7 cm³/mol. The topological polar surface area (TPSA) is 0 Å². The lowest BCUT2D eigenvalue weighted by Crippen LogP contribution is -2.44. The van der Waals surface area contributed by atoms with E-state index in [1.54, 1.807) is 0 Å². The van der Waals surface area contributed by atoms with Crippen molar-refractivity contribution in [2.24, 2.45) is 22.7 Å². The van der Waals surface area contributed by atoms with Crippen LogP contribution in [-0.4, -0.2) is 0 Å². The summed E-state index contributed by atoms with van der Waals surface area (Å²) in [5.41, 5.74) is 2.32. The van der Waals surface area contributed by atoms with Gasteiger partial charge >= 0.3 is 0 Å². The van der Waals surface area contributed by atoms with E-state index >= 15 is 0 Å². The molecule has 0 N–H and O–H groups in total. The second-order valence-electron chi connectivity index (χ2n) is 6.46. The van der Waals surface area contributed by atoms with Crippen molar-refractivity contribution in [1.29, 1.82) is 0 Å². The highest BCUT2D eigenvalue weighted by Gasteiger charge is 2.48. The molecule has 2 bridgehead atoms. The minimum absolute atomic E-state index is 0.323. The van der Waals surface area contributed by atoms with Crippen molar-refractivity contribution >= 4 is 0 Å². The Bertz CT molecular complexity index is 297. The first-order valence-electron chi connectivity index (χ1n) is 6.23. The van der Waals surface area contributed by atoms with Crippen LogP contribution < -0.4 is 0 Å². The Balaban J connectivity index is 2.31. The van der Waals surface area contributed by atoms with Crippen LogP contribution in [0.3, 0.4) is 0 Å². The molecule has 0 aromatic rings. The lowest BCUT2D eigenvalue weighted by molar-refractivity contribution is 0.0561. The summed E-state index contributed by atoms with van der Waals surface area (Å²) in [4.78, 5) is 0. The quantitative estimate of drug-likeness (QED) is 0.548. The summed E-state index contributed by atoms with van der Waals surface area (Å²) in [6.45, 7) is 15.6. The molecular weight excluding hydrogens is 180 g/mol. The van der Waals surface area contributed by atoms with Crippen molar-refractivity contribution in [2.75, 3.05) is 0 Å². The Morgan fingerprint density at radius 1 is 1.13 bits per heavy atom. The van der Waals surface area contributed by atoms with Crippen LogP contribution in [-0.2, 0) is 0 Å². The average Bonchev–Trinajstić information content (AvgIpc) is 2.15. The summed E-state index contributed by atoms with van der Waals surface area (Å²) in [6.07, 6.45) is 7.45. The van der Waals surface area contributed by atoms with Gasteiger partial charge in [-0.2, -0.15) is 0 Å². The molecule has 0 saturated heterocycles. The number of fused-ring (bicyclic) bond motifs is 2. The molecule has 0 aromatic carbocycles. The Morgan fingerprint density at radius 2 is 1.73 bits per heavy atom. The summed E-state index contributed by atoms with van der Waals surface area (Å²) in [5.74, 6) is 1.45. The lowest BCUT2D eigenvalue weighted by Gasteiger charge is -2.54. The Hall–Kier alpha value is -0.520. The van der Waals surface area contributed by atoms with Crippen LogP contribution in [0.2, 0.25) is 0 Å². The van der Waals surface area contributed by atoms with E-state index < -0.39 is 0 Å². The second-order valence-corrected chi connectivity index (χ2v) is 6.46. The number of hydrogen-bond acceptors (Lipinski definition) is 0. The summed E-state index contributed by atoms with van der Waals surface area (Å²) in [5, 5.41) is 0. The third kappa shape index (κ3) is 1.49. The monoisotopic (exact) mass is 204 g/mol. The maximum absolute atomic E-state index is 4.39. The molecule has 2 saturated carbocycles. The van der Waals surface area contributed by atoms with Gasteiger partial charge in [-0.25, -0.2) is 0 Å². The van der Waals surface area contributed by atoms with Crippen molar-refractivity contribution in [3.05, 3.63) is 24.8 Å². The molecular formula is C15H24. The third-order valence-electron chi connectivity index (χ3n) is 5.15. The minimum atomic E-state index is 0.323. The zero-order chi connectivity index (χ0) is 11.3. The molecule has 3 atom stereocenters. The first-order chi connectivity index (χ1) is 6.91. The summed E-state index contributed by atoms with van der Waals surface area (Å²) < 4.78 is 0. The molecule has 15 heavy (non-hydrogen) atoms. The Morgan fingerprint density at radius 3 is 2.33 bits per heavy atom. The largest absolute Gasteiger partial charge is 0.103 e. The highest BCUT2D eigenvalue weighted by atomic mass is 14.5. The van der Waals surface area contributed by atoms with Gasteiger partial charge in [-0.05, 0) is 48.3 Å². The van der Waals surface area contributed by atoms with E-state index in [1.165, 1.54) is 31.3 Å². The van der Waals surface area contributed by atoms with Gasteiger partial charge in [0.25, 0.3) is 0 Å². The summed E-state index contributed by atoms with van der Waals surface area (Å²) in [6, 6.07) is 0. The van der Waals surface area contributed by atoms with Crippen LogP contribution in [0.1, 0.15) is 46.5 Å². The van der Waals surface area contributed by atoms with Crippen LogP contribution in [0.5, 0.6) is 0 Å². The molecule has 2 rings (SSSR count). The molecule has 0 aromatic heterocycles. The van der Waals surface area contributed by atoms with Gasteiger partial charge in [0, 0.05) is 0 Å². The lowest BCUT2D eigenvalue weighted by atomic mass is 9.51. The molecule has 0 unspecified atom stereocenters. The maximum Gasteiger partial charge on any atom is -0.00836 e. The maximum atomic E-state index is 4.39. The molecule has 2 fully saturated rings. The summed E-state index contributed by atoms with van der Waals surface area (Å²) >= 11 is 0. The van der Waals surface area contributed by atoms with E-state index in [-0.39, 0.29) is 0 Å². The molecule has 0 aliphatic heterocycles. The van der Waals surface area contributed by atoms with Crippen LogP contribution in [0, 0.1) is 22.7 Å². The van der Waals surface area contributed by atoms with Gasteiger partial charge in [0.15, 0.2) is 0 Å². The zero-order valence-corrected chi connectivity index (χ0v) is 10.5. The van der Waals surface area contributed by atoms with Gasteiger partial charge in [-0.15, -0.1) is 6.58 Å². The fraction of sp³-hybridized carbons (Fsp3) is 0.733. The van der Waals surface area contributed by atoms with Gasteiger partial charge < -0.3 is 0 Å². The average molecular weight is 204 g/mol. The van der Waals surface area contributed by atoms with Crippen molar-refractivity contribution in [2.45, 2.75) is 46.5 Å². The first-order valence-corrected chi connectivity index (χ1v) is 6.23. The van der Waals surface area contributed by atoms with E-state index in [0.29, 0.717) is 16.7 Å². The van der Waals surface area contributed by atoms with Crippen LogP contribution in [0.15, 0.2) is 24.8 Å². The molecule has 84 valence electrons. The van der Waals surface area contributed by atoms with Crippen molar-refractivity contribution < 1.29 is 0 Å². The molecule has 0 heterocycles. The van der Waals surface area contributed by atoms with Crippen LogP contribution in [0.4, 0.5) is 0 Å². The van der Waals surface area contributed by atoms with Crippen molar-refractivity contribution in [3.63, 3.8) is 0 Å². The highest BCUT2D eigenvalue weighted by Crippen LogP contribution is 2.58. The predicted octanol–water partition coefficient (Wildman–Crippen LogP) is 4.58. The fourth-order valence-electron chi connectivity index (χ4n) is 3.82. The zero-order valence-electron chi connectivity index (χ0n) is 10.5. The SMILES string of the molecule is C=C[C@]1(C)CC[C@@H]2C(=C)[C@H]1CCC2(C)C. The van der Waals surface area contributed by atoms with E-state index in [0.717, 1.165) is 5.92 Å². The Kier molecular flexibility index (Phi) is 2.37. The smallest absolute Gasteiger partial charge is 0.00836 e. The summed E-state index contributed by atoms with van der Waals surface area (Å²) in [7, 11) is 0. The number of rotatable bonds is 1. The van der Waals surface area contributed by atoms with Gasteiger partial charge in [-0.1, -0.05) is 39.0 Å². The molecule has 0 spiro atoms. The van der Waals surface area contributed by atoms with Crippen molar-refractivity contribution in [1.82, 2.24) is 0 Å². The van der Waals surface area contributed by atoms with Crippen molar-refractivity contribution in [3.8, 4) is 0 Å². The molecule has 0 nitrogen and oxygen atoms in total. The van der Waals surface area contributed by atoms with Gasteiger partial charge in [0.1, 0.15) is 0 Å². The standard InChI is InChI=1S/C15H24/c1-6-15(5)10-8-12-11(2)13(15)7-9-14(12,3)4/h6,12-13H,1-2,7-10H2,3-5H3/t12-,13-,15-/m1/s1. The van der Waals surface area contributed by atoms with E-state index in [4.69, 9.17) is 0 Å². The Labute approximate surface area is 94.5 Å². The van der Waals surface area contributed by atoms with Gasteiger partial charge in [-0.3, -0.25) is 0 Å². The molecule has 2 aliphatic rings. The number of hydrogen-bond donors (Lipinski definition) is 0. The van der Waals surface area contributed by atoms with E-state index in [2.05, 4.69) is 40.0 Å². The first kappa shape index (κ1) is 11.0. The second kappa shape index (κ2) is 3.23. The van der Waals surface area contributed by atoms with Gasteiger partial charge in [0.2, 0.25) is 0 Å². The normalized spacial score (nSPS) is 43.8. The van der Waals surface area contributed by atoms with E-state index in [9.17, 15) is 0 Å². The molecule has 0 amide bonds. The number of allylic oxidation sites excluding steroid dienone is 2. The van der Waals surface area contributed by atoms with Crippen LogP contribution >= 0.6 is 0 Å². The third-order valence-corrected chi connectivity index (χ3v) is 5.15. The van der Waals surface area contributed by atoms with Crippen LogP contribution in [0.25, 0.3) is 0 Å². The highest BCUT2D eigenvalue weighted by molar-refractivity contribution is 5.23. The molecule has 0 radical (unpaired) electrons. The van der Waals surface area contributed by atoms with Gasteiger partial charge in [0.05, 0.1) is 0 Å². The van der Waals surface area contributed by atoms with E-state index in [1.807, 2.05) is 0 Å². The fourth-order valence-corrected chi connectivity index (χ4v) is 3.82. The minimum Gasteiger partial charge on any atom is -0.103 e.